The molecule has 1 heterocycles. The van der Waals surface area contributed by atoms with Crippen LogP contribution in [0.25, 0.3) is 0 Å². The van der Waals surface area contributed by atoms with Crippen molar-refractivity contribution < 1.29 is 9.21 Å². The number of furan rings is 1. The molecular formula is C14H13Cl2NO2S. The Labute approximate surface area is 131 Å². The van der Waals surface area contributed by atoms with Crippen LogP contribution in [0.2, 0.25) is 10.0 Å². The number of nitrogens with one attached hydrogen (secondary N) is 1. The third-order valence-electron chi connectivity index (χ3n) is 2.58. The van der Waals surface area contributed by atoms with E-state index in [1.54, 1.807) is 30.5 Å². The van der Waals surface area contributed by atoms with Gasteiger partial charge in [0.25, 0.3) is 0 Å². The molecule has 0 aliphatic heterocycles. The van der Waals surface area contributed by atoms with Gasteiger partial charge >= 0.3 is 0 Å². The Kier molecular flexibility index (Phi) is 5.40. The number of amides is 1. The van der Waals surface area contributed by atoms with Crippen LogP contribution < -0.4 is 5.32 Å². The molecule has 1 atom stereocenters. The number of hydrogen-bond acceptors (Lipinski definition) is 3. The number of carbonyl (C=O) groups is 1. The molecule has 106 valence electrons. The normalized spacial score (nSPS) is 12.2. The first-order valence-corrected chi connectivity index (χ1v) is 7.61. The first kappa shape index (κ1) is 15.3. The number of halogens is 2. The van der Waals surface area contributed by atoms with Crippen LogP contribution in [0.1, 0.15) is 12.7 Å². The summed E-state index contributed by atoms with van der Waals surface area (Å²) in [5.74, 6) is 0.638. The molecule has 0 aliphatic carbocycles. The smallest absolute Gasteiger partial charge is 0.233 e. The lowest BCUT2D eigenvalue weighted by atomic mass is 10.4. The SMILES string of the molecule is CC(Sc1cc(Cl)ccc1Cl)C(=O)NCc1ccco1. The van der Waals surface area contributed by atoms with Gasteiger partial charge in [-0.05, 0) is 37.3 Å². The van der Waals surface area contributed by atoms with Gasteiger partial charge in [0.2, 0.25) is 5.91 Å². The summed E-state index contributed by atoms with van der Waals surface area (Å²) in [6.07, 6.45) is 1.57. The average molecular weight is 330 g/mol. The Bertz CT molecular complexity index is 587. The van der Waals surface area contributed by atoms with E-state index in [4.69, 9.17) is 27.6 Å². The zero-order chi connectivity index (χ0) is 14.5. The van der Waals surface area contributed by atoms with Gasteiger partial charge in [0, 0.05) is 9.92 Å². The van der Waals surface area contributed by atoms with Crippen molar-refractivity contribution >= 4 is 40.9 Å². The highest BCUT2D eigenvalue weighted by Gasteiger charge is 2.16. The van der Waals surface area contributed by atoms with E-state index in [-0.39, 0.29) is 11.2 Å². The second kappa shape index (κ2) is 7.07. The van der Waals surface area contributed by atoms with Crippen molar-refractivity contribution in [2.75, 3.05) is 0 Å². The van der Waals surface area contributed by atoms with E-state index in [1.807, 2.05) is 13.0 Å². The zero-order valence-corrected chi connectivity index (χ0v) is 13.1. The summed E-state index contributed by atoms with van der Waals surface area (Å²) in [5, 5.41) is 3.72. The summed E-state index contributed by atoms with van der Waals surface area (Å²) in [6, 6.07) is 8.79. The van der Waals surface area contributed by atoms with Gasteiger partial charge in [-0.2, -0.15) is 0 Å². The Morgan fingerprint density at radius 1 is 1.40 bits per heavy atom. The summed E-state index contributed by atoms with van der Waals surface area (Å²) in [4.78, 5) is 12.8. The van der Waals surface area contributed by atoms with E-state index in [9.17, 15) is 4.79 Å². The number of benzene rings is 1. The number of hydrogen-bond donors (Lipinski definition) is 1. The second-order valence-corrected chi connectivity index (χ2v) is 6.36. The summed E-state index contributed by atoms with van der Waals surface area (Å²) in [6.45, 7) is 2.19. The predicted octanol–water partition coefficient (Wildman–Crippen LogP) is 4.38. The van der Waals surface area contributed by atoms with Crippen molar-refractivity contribution in [1.29, 1.82) is 0 Å². The molecule has 1 amide bonds. The van der Waals surface area contributed by atoms with Gasteiger partial charge in [-0.3, -0.25) is 4.79 Å². The number of carbonyl (C=O) groups excluding carboxylic acids is 1. The van der Waals surface area contributed by atoms with Crippen LogP contribution in [0.5, 0.6) is 0 Å². The van der Waals surface area contributed by atoms with Gasteiger partial charge in [0.15, 0.2) is 0 Å². The third-order valence-corrected chi connectivity index (χ3v) is 4.42. The van der Waals surface area contributed by atoms with Crippen LogP contribution >= 0.6 is 35.0 Å². The lowest BCUT2D eigenvalue weighted by Gasteiger charge is -2.12. The molecule has 1 unspecified atom stereocenters. The van der Waals surface area contributed by atoms with E-state index >= 15 is 0 Å². The van der Waals surface area contributed by atoms with Gasteiger partial charge in [0.05, 0.1) is 23.1 Å². The fraction of sp³-hybridized carbons (Fsp3) is 0.214. The molecule has 6 heteroatoms. The highest BCUT2D eigenvalue weighted by atomic mass is 35.5. The standard InChI is InChI=1S/C14H13Cl2NO2S/c1-9(14(18)17-8-11-3-2-6-19-11)20-13-7-10(15)4-5-12(13)16/h2-7,9H,8H2,1H3,(H,17,18). The lowest BCUT2D eigenvalue weighted by molar-refractivity contribution is -0.120. The van der Waals surface area contributed by atoms with E-state index < -0.39 is 0 Å². The Morgan fingerprint density at radius 2 is 2.20 bits per heavy atom. The monoisotopic (exact) mass is 329 g/mol. The first-order valence-electron chi connectivity index (χ1n) is 5.98. The van der Waals surface area contributed by atoms with E-state index in [2.05, 4.69) is 5.32 Å². The summed E-state index contributed by atoms with van der Waals surface area (Å²) in [7, 11) is 0. The molecule has 3 nitrogen and oxygen atoms in total. The fourth-order valence-corrected chi connectivity index (χ4v) is 2.98. The summed E-state index contributed by atoms with van der Waals surface area (Å²) >= 11 is 13.4. The summed E-state index contributed by atoms with van der Waals surface area (Å²) < 4.78 is 5.16. The van der Waals surface area contributed by atoms with Crippen molar-refractivity contribution in [2.24, 2.45) is 0 Å². The Hall–Kier alpha value is -1.10. The maximum atomic E-state index is 12.0. The molecule has 2 rings (SSSR count). The molecule has 0 fully saturated rings. The minimum absolute atomic E-state index is 0.0811. The molecule has 20 heavy (non-hydrogen) atoms. The number of thioether (sulfide) groups is 1. The zero-order valence-electron chi connectivity index (χ0n) is 10.7. The first-order chi connectivity index (χ1) is 9.56. The maximum absolute atomic E-state index is 12.0. The van der Waals surface area contributed by atoms with Gasteiger partial charge in [-0.25, -0.2) is 0 Å². The Morgan fingerprint density at radius 3 is 2.90 bits per heavy atom. The third kappa shape index (κ3) is 4.20. The lowest BCUT2D eigenvalue weighted by Crippen LogP contribution is -2.30. The predicted molar refractivity (Wildman–Crippen MR) is 82.3 cm³/mol. The average Bonchev–Trinajstić information content (AvgIpc) is 2.93. The number of rotatable bonds is 5. The molecule has 0 bridgehead atoms. The van der Waals surface area contributed by atoms with Crippen molar-refractivity contribution in [1.82, 2.24) is 5.32 Å². The minimum Gasteiger partial charge on any atom is -0.467 e. The minimum atomic E-state index is -0.277. The van der Waals surface area contributed by atoms with Crippen molar-refractivity contribution in [3.05, 3.63) is 52.4 Å². The largest absolute Gasteiger partial charge is 0.467 e. The van der Waals surface area contributed by atoms with Gasteiger partial charge < -0.3 is 9.73 Å². The second-order valence-electron chi connectivity index (χ2n) is 4.13. The maximum Gasteiger partial charge on any atom is 0.233 e. The molecule has 0 radical (unpaired) electrons. The van der Waals surface area contributed by atoms with Crippen molar-refractivity contribution in [3.8, 4) is 0 Å². The molecule has 1 N–H and O–H groups in total. The van der Waals surface area contributed by atoms with E-state index in [0.29, 0.717) is 16.6 Å². The molecular weight excluding hydrogens is 317 g/mol. The Balaban J connectivity index is 1.92. The quantitative estimate of drug-likeness (QED) is 0.827. The van der Waals surface area contributed by atoms with Gasteiger partial charge in [0.1, 0.15) is 5.76 Å². The van der Waals surface area contributed by atoms with Crippen LogP contribution in [0.3, 0.4) is 0 Å². The fourth-order valence-electron chi connectivity index (χ4n) is 1.54. The summed E-state index contributed by atoms with van der Waals surface area (Å²) in [5.41, 5.74) is 0. The van der Waals surface area contributed by atoms with Gasteiger partial charge in [-0.1, -0.05) is 23.2 Å². The van der Waals surface area contributed by atoms with Crippen LogP contribution in [-0.4, -0.2) is 11.2 Å². The topological polar surface area (TPSA) is 42.2 Å². The molecule has 0 saturated heterocycles. The van der Waals surface area contributed by atoms with Crippen LogP contribution in [0, 0.1) is 0 Å². The van der Waals surface area contributed by atoms with Crippen molar-refractivity contribution in [2.45, 2.75) is 23.6 Å². The molecule has 0 spiro atoms. The van der Waals surface area contributed by atoms with Crippen LogP contribution in [-0.2, 0) is 11.3 Å². The molecule has 1 aromatic carbocycles. The van der Waals surface area contributed by atoms with E-state index in [1.165, 1.54) is 11.8 Å². The molecule has 1 aromatic heterocycles. The van der Waals surface area contributed by atoms with Crippen LogP contribution in [0.4, 0.5) is 0 Å². The van der Waals surface area contributed by atoms with E-state index in [0.717, 1.165) is 10.7 Å². The molecule has 0 aliphatic rings. The highest BCUT2D eigenvalue weighted by molar-refractivity contribution is 8.00. The van der Waals surface area contributed by atoms with Crippen LogP contribution in [0.15, 0.2) is 45.9 Å². The highest BCUT2D eigenvalue weighted by Crippen LogP contribution is 2.32. The van der Waals surface area contributed by atoms with Crippen molar-refractivity contribution in [3.63, 3.8) is 0 Å². The van der Waals surface area contributed by atoms with Gasteiger partial charge in [-0.15, -0.1) is 11.8 Å². The molecule has 0 saturated carbocycles. The molecule has 2 aromatic rings.